The highest BCUT2D eigenvalue weighted by molar-refractivity contribution is 6.33. The Balaban J connectivity index is 1.98. The van der Waals surface area contributed by atoms with Gasteiger partial charge in [-0.05, 0) is 45.0 Å². The summed E-state index contributed by atoms with van der Waals surface area (Å²) < 4.78 is 10.5. The number of hydrogen-bond donors (Lipinski definition) is 2. The molecule has 1 atom stereocenters. The van der Waals surface area contributed by atoms with Gasteiger partial charge < -0.3 is 14.5 Å². The van der Waals surface area contributed by atoms with Crippen LogP contribution in [0.3, 0.4) is 0 Å². The van der Waals surface area contributed by atoms with Crippen LogP contribution in [0.5, 0.6) is 0 Å². The Hall–Kier alpha value is -2.80. The molecule has 1 aromatic carbocycles. The zero-order valence-corrected chi connectivity index (χ0v) is 15.3. The summed E-state index contributed by atoms with van der Waals surface area (Å²) in [6.07, 6.45) is -1.17. The lowest BCUT2D eigenvalue weighted by atomic mass is 10.2. The molecule has 1 aromatic heterocycles. The Morgan fingerprint density at radius 2 is 1.77 bits per heavy atom. The van der Waals surface area contributed by atoms with E-state index in [1.54, 1.807) is 44.2 Å². The second kappa shape index (κ2) is 8.53. The van der Waals surface area contributed by atoms with Gasteiger partial charge in [-0.2, -0.15) is 0 Å². The van der Waals surface area contributed by atoms with Crippen LogP contribution in [0.25, 0.3) is 11.3 Å². The molecule has 2 aromatic rings. The van der Waals surface area contributed by atoms with E-state index in [0.29, 0.717) is 16.3 Å². The summed E-state index contributed by atoms with van der Waals surface area (Å²) in [7, 11) is 0. The van der Waals surface area contributed by atoms with Crippen LogP contribution in [0.15, 0.2) is 40.8 Å². The van der Waals surface area contributed by atoms with Crippen molar-refractivity contribution in [3.8, 4) is 11.3 Å². The van der Waals surface area contributed by atoms with Crippen molar-refractivity contribution in [1.82, 2.24) is 10.6 Å². The zero-order chi connectivity index (χ0) is 19.3. The minimum atomic E-state index is -1.17. The van der Waals surface area contributed by atoms with Crippen molar-refractivity contribution < 1.29 is 23.5 Å². The second-order valence-electron chi connectivity index (χ2n) is 5.81. The number of ether oxygens (including phenoxy) is 1. The van der Waals surface area contributed by atoms with Gasteiger partial charge in [-0.3, -0.25) is 10.1 Å². The normalized spacial score (nSPS) is 11.7. The van der Waals surface area contributed by atoms with Crippen LogP contribution in [-0.4, -0.2) is 30.1 Å². The number of benzene rings is 1. The molecule has 0 bridgehead atoms. The molecule has 2 N–H and O–H groups in total. The lowest BCUT2D eigenvalue weighted by Crippen LogP contribution is -2.46. The van der Waals surface area contributed by atoms with E-state index in [-0.39, 0.29) is 11.8 Å². The van der Waals surface area contributed by atoms with Gasteiger partial charge in [-0.25, -0.2) is 9.59 Å². The zero-order valence-electron chi connectivity index (χ0n) is 14.5. The van der Waals surface area contributed by atoms with Gasteiger partial charge in [0.1, 0.15) is 5.76 Å². The number of hydrogen-bond acceptors (Lipinski definition) is 5. The minimum absolute atomic E-state index is 0.0776. The smallest absolute Gasteiger partial charge is 0.375 e. The van der Waals surface area contributed by atoms with Crippen molar-refractivity contribution in [2.24, 2.45) is 0 Å². The van der Waals surface area contributed by atoms with Gasteiger partial charge >= 0.3 is 12.0 Å². The molecule has 7 nitrogen and oxygen atoms in total. The Bertz CT molecular complexity index is 815. The van der Waals surface area contributed by atoms with Gasteiger partial charge in [0.2, 0.25) is 5.76 Å². The maximum Gasteiger partial charge on any atom is 0.375 e. The number of esters is 1. The number of carbonyl (C=O) groups excluding carboxylic acids is 3. The van der Waals surface area contributed by atoms with Crippen LogP contribution >= 0.6 is 11.6 Å². The first-order valence-corrected chi connectivity index (χ1v) is 8.32. The van der Waals surface area contributed by atoms with Crippen molar-refractivity contribution in [3.63, 3.8) is 0 Å². The maximum absolute atomic E-state index is 12.1. The van der Waals surface area contributed by atoms with Crippen LogP contribution in [-0.2, 0) is 9.53 Å². The second-order valence-corrected chi connectivity index (χ2v) is 6.22. The standard InChI is InChI=1S/C18H19ClN2O5/c1-10(2)20-18(24)21-16(22)11(3)25-17(23)15-9-8-14(26-15)12-6-4-5-7-13(12)19/h4-11H,1-3H3,(H2,20,21,22,24)/t11-/m1/s1. The predicted molar refractivity (Wildman–Crippen MR) is 95.8 cm³/mol. The molecule has 0 saturated heterocycles. The molecule has 0 unspecified atom stereocenters. The van der Waals surface area contributed by atoms with E-state index >= 15 is 0 Å². The summed E-state index contributed by atoms with van der Waals surface area (Å²) in [4.78, 5) is 35.5. The number of urea groups is 1. The molecule has 1 heterocycles. The van der Waals surface area contributed by atoms with Crippen molar-refractivity contribution in [2.45, 2.75) is 32.9 Å². The van der Waals surface area contributed by atoms with Gasteiger partial charge in [-0.1, -0.05) is 23.7 Å². The van der Waals surface area contributed by atoms with Crippen LogP contribution < -0.4 is 10.6 Å². The Morgan fingerprint density at radius 3 is 2.42 bits per heavy atom. The SMILES string of the molecule is CC(C)NC(=O)NC(=O)[C@@H](C)OC(=O)c1ccc(-c2ccccc2Cl)o1. The van der Waals surface area contributed by atoms with E-state index in [2.05, 4.69) is 10.6 Å². The fourth-order valence-corrected chi connectivity index (χ4v) is 2.27. The summed E-state index contributed by atoms with van der Waals surface area (Å²) in [5.74, 6) is -1.24. The quantitative estimate of drug-likeness (QED) is 0.777. The third-order valence-electron chi connectivity index (χ3n) is 3.26. The Kier molecular flexibility index (Phi) is 6.41. The highest BCUT2D eigenvalue weighted by Crippen LogP contribution is 2.29. The molecule has 0 aliphatic carbocycles. The minimum Gasteiger partial charge on any atom is -0.449 e. The summed E-state index contributed by atoms with van der Waals surface area (Å²) in [6, 6.07) is 9.23. The fraction of sp³-hybridized carbons (Fsp3) is 0.278. The van der Waals surface area contributed by atoms with Crippen LogP contribution in [0.2, 0.25) is 5.02 Å². The van der Waals surface area contributed by atoms with Crippen molar-refractivity contribution in [3.05, 3.63) is 47.2 Å². The molecule has 0 aliphatic heterocycles. The molecule has 0 spiro atoms. The molecule has 0 fully saturated rings. The van der Waals surface area contributed by atoms with E-state index in [4.69, 9.17) is 20.8 Å². The van der Waals surface area contributed by atoms with Gasteiger partial charge in [0.25, 0.3) is 5.91 Å². The average molecular weight is 379 g/mol. The molecular formula is C18H19ClN2O5. The molecule has 26 heavy (non-hydrogen) atoms. The highest BCUT2D eigenvalue weighted by Gasteiger charge is 2.23. The average Bonchev–Trinajstić information content (AvgIpc) is 3.04. The van der Waals surface area contributed by atoms with Gasteiger partial charge in [-0.15, -0.1) is 0 Å². The number of imide groups is 1. The Labute approximate surface area is 155 Å². The number of carbonyl (C=O) groups is 3. The van der Waals surface area contributed by atoms with E-state index in [0.717, 1.165) is 0 Å². The van der Waals surface area contributed by atoms with E-state index < -0.39 is 24.0 Å². The van der Waals surface area contributed by atoms with Gasteiger partial charge in [0.15, 0.2) is 6.10 Å². The van der Waals surface area contributed by atoms with Gasteiger partial charge in [0, 0.05) is 11.6 Å². The number of rotatable bonds is 5. The molecular weight excluding hydrogens is 360 g/mol. The number of furan rings is 1. The van der Waals surface area contributed by atoms with E-state index in [1.165, 1.54) is 13.0 Å². The Morgan fingerprint density at radius 1 is 1.08 bits per heavy atom. The summed E-state index contributed by atoms with van der Waals surface area (Å²) in [5.41, 5.74) is 0.629. The maximum atomic E-state index is 12.1. The van der Waals surface area contributed by atoms with Crippen molar-refractivity contribution in [1.29, 1.82) is 0 Å². The molecule has 2 rings (SSSR count). The lowest BCUT2D eigenvalue weighted by molar-refractivity contribution is -0.128. The molecule has 138 valence electrons. The molecule has 3 amide bonds. The van der Waals surface area contributed by atoms with E-state index in [9.17, 15) is 14.4 Å². The lowest BCUT2D eigenvalue weighted by Gasteiger charge is -2.13. The number of nitrogens with one attached hydrogen (secondary N) is 2. The first-order valence-electron chi connectivity index (χ1n) is 7.95. The monoisotopic (exact) mass is 378 g/mol. The topological polar surface area (TPSA) is 97.6 Å². The fourth-order valence-electron chi connectivity index (χ4n) is 2.04. The predicted octanol–water partition coefficient (Wildman–Crippen LogP) is 3.38. The number of amides is 3. The molecule has 8 heteroatoms. The van der Waals surface area contributed by atoms with Gasteiger partial charge in [0.05, 0.1) is 5.02 Å². The highest BCUT2D eigenvalue weighted by atomic mass is 35.5. The molecule has 0 saturated carbocycles. The van der Waals surface area contributed by atoms with Crippen molar-refractivity contribution >= 4 is 29.5 Å². The van der Waals surface area contributed by atoms with Crippen molar-refractivity contribution in [2.75, 3.05) is 0 Å². The molecule has 0 radical (unpaired) electrons. The first-order chi connectivity index (χ1) is 12.3. The number of halogens is 1. The third-order valence-corrected chi connectivity index (χ3v) is 3.59. The summed E-state index contributed by atoms with van der Waals surface area (Å²) in [6.45, 7) is 4.86. The largest absolute Gasteiger partial charge is 0.449 e. The van der Waals surface area contributed by atoms with Crippen LogP contribution in [0, 0.1) is 0 Å². The van der Waals surface area contributed by atoms with Crippen LogP contribution in [0.1, 0.15) is 31.3 Å². The third kappa shape index (κ3) is 5.10. The first kappa shape index (κ1) is 19.5. The van der Waals surface area contributed by atoms with Crippen LogP contribution in [0.4, 0.5) is 4.79 Å². The summed E-state index contributed by atoms with van der Waals surface area (Å²) in [5, 5.41) is 5.07. The summed E-state index contributed by atoms with van der Waals surface area (Å²) >= 11 is 6.09. The van der Waals surface area contributed by atoms with E-state index in [1.807, 2.05) is 0 Å². The molecule has 0 aliphatic rings.